The number of carbonyl (C=O) groups excluding carboxylic acids is 2. The van der Waals surface area contributed by atoms with Crippen molar-refractivity contribution < 1.29 is 22.8 Å². The van der Waals surface area contributed by atoms with Crippen molar-refractivity contribution in [1.82, 2.24) is 15.2 Å². The monoisotopic (exact) mass is 431 g/mol. The minimum absolute atomic E-state index is 0.0332. The van der Waals surface area contributed by atoms with E-state index in [1.165, 1.54) is 0 Å². The first-order valence-corrected chi connectivity index (χ1v) is 10.2. The second kappa shape index (κ2) is 6.53. The molecule has 1 N–H and O–H groups in total. The van der Waals surface area contributed by atoms with Crippen LogP contribution in [0.3, 0.4) is 0 Å². The second-order valence-electron chi connectivity index (χ2n) is 7.77. The van der Waals surface area contributed by atoms with Gasteiger partial charge in [0, 0.05) is 25.1 Å². The average molecular weight is 431 g/mol. The standard InChI is InChI=1S/C21H16F3N3O2S/c22-21(23,24)19-25-15-9-14(5-6-16(15)30-19)12-1-3-13(4-2-12)18(29)27-10-20(11-27)8-7-17(28)26-20/h1-6,9H,7-8,10-11H2,(H,26,28). The van der Waals surface area contributed by atoms with Gasteiger partial charge >= 0.3 is 6.18 Å². The molecule has 3 aromatic rings. The molecule has 154 valence electrons. The molecule has 0 bridgehead atoms. The molecule has 2 aliphatic rings. The molecule has 2 amide bonds. The Labute approximate surface area is 173 Å². The van der Waals surface area contributed by atoms with Crippen LogP contribution in [-0.4, -0.2) is 40.3 Å². The van der Waals surface area contributed by atoms with E-state index in [-0.39, 0.29) is 17.4 Å². The zero-order chi connectivity index (χ0) is 21.1. The molecule has 0 aliphatic carbocycles. The number of carbonyl (C=O) groups is 2. The number of likely N-dealkylation sites (tertiary alicyclic amines) is 1. The summed E-state index contributed by atoms with van der Waals surface area (Å²) in [6.07, 6.45) is -3.20. The maximum atomic E-state index is 12.9. The number of aromatic nitrogens is 1. The third-order valence-electron chi connectivity index (χ3n) is 5.60. The van der Waals surface area contributed by atoms with Crippen LogP contribution in [0.1, 0.15) is 28.2 Å². The second-order valence-corrected chi connectivity index (χ2v) is 8.80. The number of alkyl halides is 3. The van der Waals surface area contributed by atoms with Crippen molar-refractivity contribution in [2.45, 2.75) is 24.6 Å². The zero-order valence-electron chi connectivity index (χ0n) is 15.6. The molecule has 0 unspecified atom stereocenters. The number of rotatable bonds is 2. The highest BCUT2D eigenvalue weighted by Gasteiger charge is 2.49. The lowest BCUT2D eigenvalue weighted by molar-refractivity contribution is -0.137. The van der Waals surface area contributed by atoms with Gasteiger partial charge in [-0.25, -0.2) is 4.98 Å². The van der Waals surface area contributed by atoms with E-state index in [4.69, 9.17) is 0 Å². The Bertz CT molecular complexity index is 1160. The van der Waals surface area contributed by atoms with Crippen molar-refractivity contribution in [3.8, 4) is 11.1 Å². The Morgan fingerprint density at radius 2 is 1.80 bits per heavy atom. The van der Waals surface area contributed by atoms with Gasteiger partial charge in [0.25, 0.3) is 5.91 Å². The van der Waals surface area contributed by atoms with Crippen molar-refractivity contribution in [3.63, 3.8) is 0 Å². The Hall–Kier alpha value is -2.94. The van der Waals surface area contributed by atoms with Crippen molar-refractivity contribution >= 4 is 33.4 Å². The first-order chi connectivity index (χ1) is 14.2. The topological polar surface area (TPSA) is 62.3 Å². The van der Waals surface area contributed by atoms with Gasteiger partial charge in [0.2, 0.25) is 5.91 Å². The SMILES string of the molecule is O=C1CCC2(CN(C(=O)c3ccc(-c4ccc5sc(C(F)(F)F)nc5c4)cc3)C2)N1. The number of thiazole rings is 1. The molecule has 30 heavy (non-hydrogen) atoms. The normalized spacial score (nSPS) is 18.0. The number of amides is 2. The van der Waals surface area contributed by atoms with E-state index >= 15 is 0 Å². The molecule has 1 aromatic heterocycles. The summed E-state index contributed by atoms with van der Waals surface area (Å²) in [7, 11) is 0. The third kappa shape index (κ3) is 3.23. The van der Waals surface area contributed by atoms with E-state index in [2.05, 4.69) is 10.3 Å². The van der Waals surface area contributed by atoms with Gasteiger partial charge in [-0.2, -0.15) is 13.2 Å². The van der Waals surface area contributed by atoms with E-state index in [9.17, 15) is 22.8 Å². The average Bonchev–Trinajstić information content (AvgIpc) is 3.29. The molecule has 0 radical (unpaired) electrons. The molecule has 2 aliphatic heterocycles. The van der Waals surface area contributed by atoms with E-state index in [0.717, 1.165) is 17.5 Å². The van der Waals surface area contributed by atoms with Crippen molar-refractivity contribution in [2.75, 3.05) is 13.1 Å². The van der Waals surface area contributed by atoms with Crippen molar-refractivity contribution in [2.24, 2.45) is 0 Å². The van der Waals surface area contributed by atoms with Crippen LogP contribution in [0.15, 0.2) is 42.5 Å². The molecule has 0 saturated carbocycles. The van der Waals surface area contributed by atoms with Gasteiger partial charge in [-0.15, -0.1) is 11.3 Å². The summed E-state index contributed by atoms with van der Waals surface area (Å²) < 4.78 is 39.1. The summed E-state index contributed by atoms with van der Waals surface area (Å²) >= 11 is 0.622. The number of hydrogen-bond acceptors (Lipinski definition) is 4. The number of nitrogens with one attached hydrogen (secondary N) is 1. The van der Waals surface area contributed by atoms with Crippen LogP contribution >= 0.6 is 11.3 Å². The van der Waals surface area contributed by atoms with Crippen LogP contribution in [0.4, 0.5) is 13.2 Å². The van der Waals surface area contributed by atoms with Gasteiger partial charge in [0.15, 0.2) is 5.01 Å². The molecule has 0 atom stereocenters. The van der Waals surface area contributed by atoms with E-state index < -0.39 is 11.2 Å². The number of halogens is 3. The summed E-state index contributed by atoms with van der Waals surface area (Å²) in [5.74, 6) is -0.0658. The predicted molar refractivity (Wildman–Crippen MR) is 106 cm³/mol. The number of nitrogens with zero attached hydrogens (tertiary/aromatic N) is 2. The van der Waals surface area contributed by atoms with Gasteiger partial charge in [-0.1, -0.05) is 18.2 Å². The number of benzene rings is 2. The maximum Gasteiger partial charge on any atom is 0.443 e. The van der Waals surface area contributed by atoms with Crippen molar-refractivity contribution in [1.29, 1.82) is 0 Å². The highest BCUT2D eigenvalue weighted by molar-refractivity contribution is 7.18. The van der Waals surface area contributed by atoms with Gasteiger partial charge in [0.05, 0.1) is 15.8 Å². The smallest absolute Gasteiger partial charge is 0.347 e. The quantitative estimate of drug-likeness (QED) is 0.665. The van der Waals surface area contributed by atoms with Gasteiger partial charge in [-0.3, -0.25) is 9.59 Å². The van der Waals surface area contributed by atoms with Crippen LogP contribution in [0.2, 0.25) is 0 Å². The van der Waals surface area contributed by atoms with Crippen LogP contribution in [0, 0.1) is 0 Å². The van der Waals surface area contributed by atoms with E-state index in [0.29, 0.717) is 46.6 Å². The molecule has 9 heteroatoms. The molecule has 2 aromatic carbocycles. The lowest BCUT2D eigenvalue weighted by Gasteiger charge is -2.47. The van der Waals surface area contributed by atoms with Gasteiger partial charge < -0.3 is 10.2 Å². The molecule has 2 saturated heterocycles. The molecule has 5 rings (SSSR count). The fourth-order valence-electron chi connectivity index (χ4n) is 4.05. The minimum Gasteiger partial charge on any atom is -0.347 e. The van der Waals surface area contributed by atoms with Crippen LogP contribution in [-0.2, 0) is 11.0 Å². The maximum absolute atomic E-state index is 12.9. The summed E-state index contributed by atoms with van der Waals surface area (Å²) in [6, 6.07) is 12.0. The molecule has 3 heterocycles. The van der Waals surface area contributed by atoms with Gasteiger partial charge in [0.1, 0.15) is 0 Å². The first kappa shape index (κ1) is 19.0. The molecular weight excluding hydrogens is 415 g/mol. The fraction of sp³-hybridized carbons (Fsp3) is 0.286. The fourth-order valence-corrected chi connectivity index (χ4v) is 4.87. The highest BCUT2D eigenvalue weighted by atomic mass is 32.1. The first-order valence-electron chi connectivity index (χ1n) is 9.41. The van der Waals surface area contributed by atoms with Crippen LogP contribution in [0.5, 0.6) is 0 Å². The Morgan fingerprint density at radius 3 is 2.43 bits per heavy atom. The molecular formula is C21H16F3N3O2S. The Kier molecular flexibility index (Phi) is 4.15. The molecule has 1 spiro atoms. The predicted octanol–water partition coefficient (Wildman–Crippen LogP) is 4.09. The summed E-state index contributed by atoms with van der Waals surface area (Å²) in [5, 5.41) is 2.09. The van der Waals surface area contributed by atoms with Crippen LogP contribution < -0.4 is 5.32 Å². The Morgan fingerprint density at radius 1 is 1.10 bits per heavy atom. The van der Waals surface area contributed by atoms with Crippen molar-refractivity contribution in [3.05, 3.63) is 53.0 Å². The summed E-state index contributed by atoms with van der Waals surface area (Å²) in [5.41, 5.74) is 2.10. The number of hydrogen-bond donors (Lipinski definition) is 1. The molecule has 2 fully saturated rings. The largest absolute Gasteiger partial charge is 0.443 e. The number of fused-ring (bicyclic) bond motifs is 1. The van der Waals surface area contributed by atoms with Crippen LogP contribution in [0.25, 0.3) is 21.3 Å². The Balaban J connectivity index is 1.32. The van der Waals surface area contributed by atoms with E-state index in [1.54, 1.807) is 47.4 Å². The van der Waals surface area contributed by atoms with Gasteiger partial charge in [-0.05, 0) is 41.8 Å². The zero-order valence-corrected chi connectivity index (χ0v) is 16.4. The van der Waals surface area contributed by atoms with E-state index in [1.807, 2.05) is 0 Å². The third-order valence-corrected chi connectivity index (χ3v) is 6.69. The highest BCUT2D eigenvalue weighted by Crippen LogP contribution is 2.37. The minimum atomic E-state index is -4.46. The lowest BCUT2D eigenvalue weighted by Crippen LogP contribution is -2.68. The summed E-state index contributed by atoms with van der Waals surface area (Å²) in [6.45, 7) is 1.03. The lowest BCUT2D eigenvalue weighted by atomic mass is 9.87. The molecule has 5 nitrogen and oxygen atoms in total. The summed E-state index contributed by atoms with van der Waals surface area (Å²) in [4.78, 5) is 29.5.